The zero-order valence-corrected chi connectivity index (χ0v) is 8.15. The fourth-order valence-corrected chi connectivity index (χ4v) is 1.54. The largest absolute Gasteiger partial charge is 0.275 e. The Labute approximate surface area is 77.4 Å². The van der Waals surface area contributed by atoms with Gasteiger partial charge in [-0.2, -0.15) is 5.10 Å². The first-order valence-electron chi connectivity index (χ1n) is 4.46. The SMILES string of the molecule is CC(C)c1nccc2nn(C)cc12. The average molecular weight is 175 g/mol. The fraction of sp³-hybridized carbons (Fsp3) is 0.400. The van der Waals surface area contributed by atoms with Gasteiger partial charge in [0.05, 0.1) is 11.2 Å². The van der Waals surface area contributed by atoms with Gasteiger partial charge in [0.25, 0.3) is 0 Å². The maximum atomic E-state index is 4.37. The summed E-state index contributed by atoms with van der Waals surface area (Å²) in [6.45, 7) is 4.30. The van der Waals surface area contributed by atoms with Crippen molar-refractivity contribution < 1.29 is 0 Å². The molecule has 0 amide bonds. The highest BCUT2D eigenvalue weighted by molar-refractivity contribution is 5.80. The molecule has 2 aromatic heterocycles. The molecule has 0 fully saturated rings. The fourth-order valence-electron chi connectivity index (χ4n) is 1.54. The summed E-state index contributed by atoms with van der Waals surface area (Å²) in [7, 11) is 1.93. The Morgan fingerprint density at radius 1 is 1.38 bits per heavy atom. The Hall–Kier alpha value is -1.38. The molecular weight excluding hydrogens is 162 g/mol. The summed E-state index contributed by atoms with van der Waals surface area (Å²) in [5.74, 6) is 0.452. The topological polar surface area (TPSA) is 30.7 Å². The molecule has 0 aliphatic heterocycles. The van der Waals surface area contributed by atoms with E-state index in [1.807, 2.05) is 30.2 Å². The Morgan fingerprint density at radius 2 is 2.15 bits per heavy atom. The maximum absolute atomic E-state index is 4.37. The average Bonchev–Trinajstić information content (AvgIpc) is 2.43. The van der Waals surface area contributed by atoms with Gasteiger partial charge in [-0.1, -0.05) is 13.8 Å². The van der Waals surface area contributed by atoms with Gasteiger partial charge in [-0.25, -0.2) is 0 Å². The number of nitrogens with zero attached hydrogens (tertiary/aromatic N) is 3. The molecule has 0 radical (unpaired) electrons. The van der Waals surface area contributed by atoms with Gasteiger partial charge in [0.1, 0.15) is 0 Å². The Kier molecular flexibility index (Phi) is 1.79. The second-order valence-electron chi connectivity index (χ2n) is 3.59. The Morgan fingerprint density at radius 3 is 2.85 bits per heavy atom. The normalized spacial score (nSPS) is 11.4. The van der Waals surface area contributed by atoms with Crippen molar-refractivity contribution in [1.29, 1.82) is 0 Å². The van der Waals surface area contributed by atoms with Crippen molar-refractivity contribution in [3.05, 3.63) is 24.2 Å². The van der Waals surface area contributed by atoms with Crippen molar-refractivity contribution >= 4 is 10.9 Å². The van der Waals surface area contributed by atoms with Crippen LogP contribution in [0.2, 0.25) is 0 Å². The van der Waals surface area contributed by atoms with E-state index in [4.69, 9.17) is 0 Å². The molecule has 0 aliphatic rings. The van der Waals surface area contributed by atoms with Gasteiger partial charge in [0, 0.05) is 24.8 Å². The monoisotopic (exact) mass is 175 g/mol. The van der Waals surface area contributed by atoms with Crippen molar-refractivity contribution in [1.82, 2.24) is 14.8 Å². The molecule has 0 N–H and O–H groups in total. The first kappa shape index (κ1) is 8.23. The van der Waals surface area contributed by atoms with E-state index >= 15 is 0 Å². The van der Waals surface area contributed by atoms with E-state index in [1.54, 1.807) is 0 Å². The van der Waals surface area contributed by atoms with Gasteiger partial charge >= 0.3 is 0 Å². The van der Waals surface area contributed by atoms with Gasteiger partial charge in [0.15, 0.2) is 0 Å². The third-order valence-electron chi connectivity index (χ3n) is 2.13. The van der Waals surface area contributed by atoms with Gasteiger partial charge in [0.2, 0.25) is 0 Å². The van der Waals surface area contributed by atoms with Crippen LogP contribution in [0.25, 0.3) is 10.9 Å². The third-order valence-corrected chi connectivity index (χ3v) is 2.13. The molecule has 3 heteroatoms. The first-order chi connectivity index (χ1) is 6.18. The van der Waals surface area contributed by atoms with Gasteiger partial charge in [-0.15, -0.1) is 0 Å². The zero-order valence-electron chi connectivity index (χ0n) is 8.15. The summed E-state index contributed by atoms with van der Waals surface area (Å²) < 4.78 is 1.83. The zero-order chi connectivity index (χ0) is 9.42. The van der Waals surface area contributed by atoms with Crippen LogP contribution in [0.5, 0.6) is 0 Å². The van der Waals surface area contributed by atoms with Crippen LogP contribution in [0, 0.1) is 0 Å². The maximum Gasteiger partial charge on any atom is 0.0956 e. The molecule has 0 spiro atoms. The van der Waals surface area contributed by atoms with Crippen LogP contribution in [0.3, 0.4) is 0 Å². The summed E-state index contributed by atoms with van der Waals surface area (Å²) in [4.78, 5) is 4.37. The van der Waals surface area contributed by atoms with Gasteiger partial charge in [-0.05, 0) is 12.0 Å². The summed E-state index contributed by atoms with van der Waals surface area (Å²) in [6, 6.07) is 1.95. The molecule has 0 saturated heterocycles. The molecular formula is C10H13N3. The second kappa shape index (κ2) is 2.83. The minimum absolute atomic E-state index is 0.452. The van der Waals surface area contributed by atoms with Crippen LogP contribution < -0.4 is 0 Å². The van der Waals surface area contributed by atoms with Crippen LogP contribution in [-0.4, -0.2) is 14.8 Å². The van der Waals surface area contributed by atoms with E-state index in [0.29, 0.717) is 5.92 Å². The number of hydrogen-bond donors (Lipinski definition) is 0. The highest BCUT2D eigenvalue weighted by Crippen LogP contribution is 2.21. The predicted molar refractivity (Wildman–Crippen MR) is 52.6 cm³/mol. The summed E-state index contributed by atoms with van der Waals surface area (Å²) in [5, 5.41) is 5.50. The molecule has 0 bridgehead atoms. The van der Waals surface area contributed by atoms with E-state index in [0.717, 1.165) is 11.2 Å². The standard InChI is InChI=1S/C10H13N3/c1-7(2)10-8-6-13(3)12-9(8)4-5-11-10/h4-7H,1-3H3. The quantitative estimate of drug-likeness (QED) is 0.664. The Bertz CT molecular complexity index is 429. The number of rotatable bonds is 1. The van der Waals surface area contributed by atoms with Crippen LogP contribution in [-0.2, 0) is 7.05 Å². The van der Waals surface area contributed by atoms with E-state index in [2.05, 4.69) is 23.9 Å². The second-order valence-corrected chi connectivity index (χ2v) is 3.59. The number of aryl methyl sites for hydroxylation is 1. The van der Waals surface area contributed by atoms with Crippen molar-refractivity contribution in [2.24, 2.45) is 7.05 Å². The molecule has 0 aliphatic carbocycles. The molecule has 0 atom stereocenters. The Balaban J connectivity index is 2.75. The van der Waals surface area contributed by atoms with Crippen LogP contribution in [0.4, 0.5) is 0 Å². The van der Waals surface area contributed by atoms with Crippen LogP contribution >= 0.6 is 0 Å². The van der Waals surface area contributed by atoms with Crippen molar-refractivity contribution in [3.63, 3.8) is 0 Å². The summed E-state index contributed by atoms with van der Waals surface area (Å²) in [6.07, 6.45) is 3.85. The molecule has 2 aromatic rings. The summed E-state index contributed by atoms with van der Waals surface area (Å²) >= 11 is 0. The minimum Gasteiger partial charge on any atom is -0.275 e. The lowest BCUT2D eigenvalue weighted by Gasteiger charge is -2.03. The number of pyridine rings is 1. The minimum atomic E-state index is 0.452. The lowest BCUT2D eigenvalue weighted by atomic mass is 10.1. The highest BCUT2D eigenvalue weighted by atomic mass is 15.2. The van der Waals surface area contributed by atoms with Crippen molar-refractivity contribution in [3.8, 4) is 0 Å². The van der Waals surface area contributed by atoms with E-state index in [9.17, 15) is 0 Å². The van der Waals surface area contributed by atoms with Crippen molar-refractivity contribution in [2.45, 2.75) is 19.8 Å². The van der Waals surface area contributed by atoms with Crippen molar-refractivity contribution in [2.75, 3.05) is 0 Å². The summed E-state index contributed by atoms with van der Waals surface area (Å²) in [5.41, 5.74) is 2.16. The predicted octanol–water partition coefficient (Wildman–Crippen LogP) is 2.09. The van der Waals surface area contributed by atoms with Gasteiger partial charge in [-0.3, -0.25) is 9.67 Å². The van der Waals surface area contributed by atoms with Crippen LogP contribution in [0.15, 0.2) is 18.5 Å². The smallest absolute Gasteiger partial charge is 0.0956 e. The van der Waals surface area contributed by atoms with E-state index in [-0.39, 0.29) is 0 Å². The highest BCUT2D eigenvalue weighted by Gasteiger charge is 2.08. The molecule has 2 rings (SSSR count). The number of hydrogen-bond acceptors (Lipinski definition) is 2. The molecule has 13 heavy (non-hydrogen) atoms. The number of fused-ring (bicyclic) bond motifs is 1. The lowest BCUT2D eigenvalue weighted by Crippen LogP contribution is -1.91. The third kappa shape index (κ3) is 1.30. The molecule has 68 valence electrons. The van der Waals surface area contributed by atoms with E-state index in [1.165, 1.54) is 5.39 Å². The molecule has 2 heterocycles. The number of aromatic nitrogens is 3. The van der Waals surface area contributed by atoms with E-state index < -0.39 is 0 Å². The first-order valence-corrected chi connectivity index (χ1v) is 4.46. The molecule has 0 aromatic carbocycles. The lowest BCUT2D eigenvalue weighted by molar-refractivity contribution is 0.779. The van der Waals surface area contributed by atoms with Gasteiger partial charge < -0.3 is 0 Å². The molecule has 0 unspecified atom stereocenters. The molecule has 0 saturated carbocycles. The van der Waals surface area contributed by atoms with Crippen LogP contribution in [0.1, 0.15) is 25.5 Å². The molecule has 3 nitrogen and oxygen atoms in total.